The van der Waals surface area contributed by atoms with Gasteiger partial charge < -0.3 is 19.5 Å². The fraction of sp³-hybridized carbons (Fsp3) is 0.333. The molecule has 1 saturated carbocycles. The number of nitrogens with zero attached hydrogens (tertiary/aromatic N) is 1. The average Bonchev–Trinajstić information content (AvgIpc) is 3.79. The van der Waals surface area contributed by atoms with Crippen molar-refractivity contribution in [3.05, 3.63) is 82.4 Å². The lowest BCUT2D eigenvalue weighted by Crippen LogP contribution is -2.25. The van der Waals surface area contributed by atoms with Crippen LogP contribution >= 0.6 is 11.6 Å². The van der Waals surface area contributed by atoms with Crippen LogP contribution in [0.3, 0.4) is 0 Å². The summed E-state index contributed by atoms with van der Waals surface area (Å²) < 4.78 is 17.2. The number of hydrogen-bond acceptors (Lipinski definition) is 6. The summed E-state index contributed by atoms with van der Waals surface area (Å²) in [6, 6.07) is 14.4. The van der Waals surface area contributed by atoms with Crippen molar-refractivity contribution in [1.29, 1.82) is 0 Å². The van der Waals surface area contributed by atoms with E-state index in [1.54, 1.807) is 56.9 Å². The summed E-state index contributed by atoms with van der Waals surface area (Å²) in [6.07, 6.45) is 5.19. The van der Waals surface area contributed by atoms with E-state index in [0.717, 1.165) is 16.8 Å². The lowest BCUT2D eigenvalue weighted by atomic mass is 9.88. The first kappa shape index (κ1) is 25.9. The van der Waals surface area contributed by atoms with Crippen LogP contribution in [0.15, 0.2) is 48.5 Å². The summed E-state index contributed by atoms with van der Waals surface area (Å²) in [5, 5.41) is 3.34. The van der Waals surface area contributed by atoms with E-state index in [1.165, 1.54) is 12.8 Å². The number of carbonyl (C=O) groups excluding carboxylic acids is 2. The molecule has 0 radical (unpaired) electrons. The Hall–Kier alpha value is -3.71. The van der Waals surface area contributed by atoms with Gasteiger partial charge in [-0.3, -0.25) is 4.79 Å². The average molecular weight is 534 g/mol. The molecule has 1 fully saturated rings. The fourth-order valence-corrected chi connectivity index (χ4v) is 4.85. The van der Waals surface area contributed by atoms with Crippen LogP contribution in [0.2, 0.25) is 5.02 Å². The Balaban J connectivity index is 1.19. The number of amides is 1. The smallest absolute Gasteiger partial charge is 0.313 e. The van der Waals surface area contributed by atoms with E-state index >= 15 is 0 Å². The summed E-state index contributed by atoms with van der Waals surface area (Å²) in [5.41, 5.74) is 3.34. The maximum atomic E-state index is 12.7. The number of fused-ring (bicyclic) bond motifs is 1. The van der Waals surface area contributed by atoms with Crippen LogP contribution in [-0.4, -0.2) is 36.9 Å². The number of ether oxygens (including phenoxy) is 3. The van der Waals surface area contributed by atoms with Gasteiger partial charge in [-0.05, 0) is 62.1 Å². The number of Topliss-reactive ketones (excluding diaryl/α,β-unsaturated/α-hetero) is 1. The van der Waals surface area contributed by atoms with E-state index in [1.807, 2.05) is 6.07 Å². The zero-order valence-electron chi connectivity index (χ0n) is 21.5. The van der Waals surface area contributed by atoms with Gasteiger partial charge in [0.15, 0.2) is 0 Å². The second-order valence-corrected chi connectivity index (χ2v) is 9.92. The van der Waals surface area contributed by atoms with Gasteiger partial charge in [0.2, 0.25) is 5.88 Å². The number of benzene rings is 2. The number of rotatable bonds is 10. The molecule has 1 aromatic heterocycles. The minimum atomic E-state index is -0.257. The van der Waals surface area contributed by atoms with E-state index in [4.69, 9.17) is 25.8 Å². The summed E-state index contributed by atoms with van der Waals surface area (Å²) >= 11 is 6.48. The van der Waals surface area contributed by atoms with Crippen LogP contribution < -0.4 is 19.5 Å². The Bertz CT molecular complexity index is 1340. The Morgan fingerprint density at radius 1 is 1.13 bits per heavy atom. The molecule has 0 bridgehead atoms. The van der Waals surface area contributed by atoms with E-state index in [9.17, 15) is 9.59 Å². The predicted molar refractivity (Wildman–Crippen MR) is 145 cm³/mol. The first-order valence-corrected chi connectivity index (χ1v) is 13.2. The Labute approximate surface area is 227 Å². The number of halogens is 1. The Kier molecular flexibility index (Phi) is 7.74. The molecule has 2 heterocycles. The second kappa shape index (κ2) is 11.4. The third-order valence-electron chi connectivity index (χ3n) is 6.91. The van der Waals surface area contributed by atoms with Gasteiger partial charge in [0, 0.05) is 40.9 Å². The molecule has 38 heavy (non-hydrogen) atoms. The summed E-state index contributed by atoms with van der Waals surface area (Å²) in [5.74, 6) is 2.35. The molecule has 2 aromatic carbocycles. The van der Waals surface area contributed by atoms with E-state index in [-0.39, 0.29) is 17.6 Å². The van der Waals surface area contributed by atoms with Gasteiger partial charge in [-0.1, -0.05) is 17.7 Å². The van der Waals surface area contributed by atoms with Crippen LogP contribution in [-0.2, 0) is 11.2 Å². The molecule has 3 aromatic rings. The Morgan fingerprint density at radius 2 is 1.92 bits per heavy atom. The minimum Gasteiger partial charge on any atom is -0.493 e. The molecule has 1 N–H and O–H groups in total. The molecule has 1 aliphatic carbocycles. The predicted octanol–water partition coefficient (Wildman–Crippen LogP) is 6.05. The van der Waals surface area contributed by atoms with E-state index in [0.29, 0.717) is 65.6 Å². The number of pyridine rings is 1. The van der Waals surface area contributed by atoms with Crippen molar-refractivity contribution >= 4 is 23.3 Å². The minimum absolute atomic E-state index is 0.0513. The molecule has 1 amide bonds. The highest BCUT2D eigenvalue weighted by Crippen LogP contribution is 2.42. The molecule has 0 saturated heterocycles. The molecule has 2 aliphatic rings. The molecule has 1 atom stereocenters. The highest BCUT2D eigenvalue weighted by Gasteiger charge is 2.32. The lowest BCUT2D eigenvalue weighted by Gasteiger charge is -2.23. The molecular formula is C30H30ClN2O5+. The maximum Gasteiger partial charge on any atom is 0.313 e. The van der Waals surface area contributed by atoms with Gasteiger partial charge in [0.1, 0.15) is 23.7 Å². The molecule has 7 nitrogen and oxygen atoms in total. The maximum absolute atomic E-state index is 12.7. The van der Waals surface area contributed by atoms with Crippen molar-refractivity contribution in [1.82, 2.24) is 10.3 Å². The summed E-state index contributed by atoms with van der Waals surface area (Å²) in [6.45, 7) is 2.65. The van der Waals surface area contributed by atoms with Crippen molar-refractivity contribution in [2.24, 2.45) is 0 Å². The molecule has 8 heteroatoms. The second-order valence-electron chi connectivity index (χ2n) is 9.51. The topological polar surface area (TPSA) is 86.8 Å². The molecular weight excluding hydrogens is 504 g/mol. The zero-order valence-corrected chi connectivity index (χ0v) is 22.2. The highest BCUT2D eigenvalue weighted by molar-refractivity contribution is 6.32. The Morgan fingerprint density at radius 3 is 2.63 bits per heavy atom. The van der Waals surface area contributed by atoms with Gasteiger partial charge in [-0.25, -0.2) is 9.78 Å². The summed E-state index contributed by atoms with van der Waals surface area (Å²) in [7, 11) is 1.62. The standard InChI is InChI=1S/C30H29ClN2O5/c1-3-26(34)22-13-15-37-27-17-28(24(31)16-23(22)27)38-21-9-6-19(7-10-21)29(35)32-14-12-20-8-11-25(18-4-5-18)33-30(20)36-2/h3,6-11,16-18,22H,4-5,12-15H2,1-2H3/p+1. The van der Waals surface area contributed by atoms with Crippen LogP contribution in [0.5, 0.6) is 23.1 Å². The fourth-order valence-electron chi connectivity index (χ4n) is 4.64. The third-order valence-corrected chi connectivity index (χ3v) is 7.20. The first-order chi connectivity index (χ1) is 18.5. The van der Waals surface area contributed by atoms with Crippen LogP contribution in [0.1, 0.15) is 65.2 Å². The largest absolute Gasteiger partial charge is 0.493 e. The van der Waals surface area contributed by atoms with Crippen molar-refractivity contribution in [3.8, 4) is 23.1 Å². The van der Waals surface area contributed by atoms with Crippen molar-refractivity contribution in [3.63, 3.8) is 0 Å². The third kappa shape index (κ3) is 5.73. The summed E-state index contributed by atoms with van der Waals surface area (Å²) in [4.78, 5) is 29.6. The molecule has 1 unspecified atom stereocenters. The van der Waals surface area contributed by atoms with Crippen molar-refractivity contribution < 1.29 is 23.8 Å². The molecule has 5 rings (SSSR count). The number of methoxy groups -OCH3 is 1. The van der Waals surface area contributed by atoms with Crippen molar-refractivity contribution in [2.45, 2.75) is 44.4 Å². The molecule has 196 valence electrons. The van der Waals surface area contributed by atoms with Gasteiger partial charge >= 0.3 is 5.78 Å². The number of nitrogens with one attached hydrogen (secondary N) is 1. The van der Waals surface area contributed by atoms with Gasteiger partial charge in [-0.2, -0.15) is 0 Å². The first-order valence-electron chi connectivity index (χ1n) is 12.9. The van der Waals surface area contributed by atoms with Crippen LogP contribution in [0.25, 0.3) is 0 Å². The van der Waals surface area contributed by atoms with Gasteiger partial charge in [0.05, 0.1) is 31.6 Å². The van der Waals surface area contributed by atoms with E-state index in [2.05, 4.69) is 16.4 Å². The monoisotopic (exact) mass is 533 g/mol. The normalized spacial score (nSPS) is 16.1. The zero-order chi connectivity index (χ0) is 26.6. The van der Waals surface area contributed by atoms with Crippen molar-refractivity contribution in [2.75, 3.05) is 20.3 Å². The number of aromatic nitrogens is 1. The van der Waals surface area contributed by atoms with Crippen LogP contribution in [0.4, 0.5) is 0 Å². The lowest BCUT2D eigenvalue weighted by molar-refractivity contribution is -0.117. The molecule has 0 spiro atoms. The van der Waals surface area contributed by atoms with Gasteiger partial charge in [0.25, 0.3) is 5.91 Å². The van der Waals surface area contributed by atoms with Gasteiger partial charge in [-0.15, -0.1) is 0 Å². The van der Waals surface area contributed by atoms with Crippen LogP contribution in [0, 0.1) is 6.42 Å². The number of ketones is 1. The number of carbonyl (C=O) groups is 2. The SMILES string of the molecule is C[CH+]C(=O)C1CCOc2cc(Oc3ccc(C(=O)NCCc4ccc(C5CC5)nc4OC)cc3)c(Cl)cc21. The molecule has 1 aliphatic heterocycles. The highest BCUT2D eigenvalue weighted by atomic mass is 35.5. The number of hydrogen-bond donors (Lipinski definition) is 1. The van der Waals surface area contributed by atoms with E-state index < -0.39 is 0 Å². The quantitative estimate of drug-likeness (QED) is 0.319.